The number of hydrogen-bond donors (Lipinski definition) is 1. The first-order valence-corrected chi connectivity index (χ1v) is 6.81. The number of hydrogen-bond acceptors (Lipinski definition) is 3. The lowest BCUT2D eigenvalue weighted by atomic mass is 10.3. The van der Waals surface area contributed by atoms with E-state index in [0.717, 1.165) is 30.3 Å². The SMILES string of the molecule is Fc1ccc(Br)cc1OC(F)F.Oc1ccc(F)c(OC(F)F)c1. The second kappa shape index (κ2) is 9.26. The Hall–Kier alpha value is -2.10. The van der Waals surface area contributed by atoms with E-state index >= 15 is 0 Å². The van der Waals surface area contributed by atoms with Crippen LogP contribution in [0.4, 0.5) is 26.3 Å². The molecule has 3 nitrogen and oxygen atoms in total. The second-order valence-electron chi connectivity index (χ2n) is 3.95. The molecule has 0 radical (unpaired) electrons. The third-order valence-electron chi connectivity index (χ3n) is 2.24. The molecule has 0 spiro atoms. The van der Waals surface area contributed by atoms with Gasteiger partial charge in [0.2, 0.25) is 0 Å². The van der Waals surface area contributed by atoms with E-state index in [9.17, 15) is 26.3 Å². The Morgan fingerprint density at radius 2 is 1.25 bits per heavy atom. The lowest BCUT2D eigenvalue weighted by Crippen LogP contribution is -2.03. The van der Waals surface area contributed by atoms with Gasteiger partial charge in [0.05, 0.1) is 0 Å². The Bertz CT molecular complexity index is 611. The molecule has 132 valence electrons. The normalized spacial score (nSPS) is 10.4. The molecule has 10 heteroatoms. The lowest BCUT2D eigenvalue weighted by molar-refractivity contribution is -0.0528. The van der Waals surface area contributed by atoms with Crippen LogP contribution in [0, 0.1) is 11.6 Å². The average Bonchev–Trinajstić information content (AvgIpc) is 2.46. The summed E-state index contributed by atoms with van der Waals surface area (Å²) in [7, 11) is 0. The molecule has 2 aromatic carbocycles. The Labute approximate surface area is 140 Å². The van der Waals surface area contributed by atoms with Gasteiger partial charge >= 0.3 is 13.2 Å². The van der Waals surface area contributed by atoms with Crippen molar-refractivity contribution in [3.8, 4) is 17.2 Å². The molecule has 0 atom stereocenters. The summed E-state index contributed by atoms with van der Waals surface area (Å²) in [5, 5.41) is 8.76. The number of ether oxygens (including phenoxy) is 2. The highest BCUT2D eigenvalue weighted by Crippen LogP contribution is 2.24. The maximum atomic E-state index is 12.7. The third kappa shape index (κ3) is 6.99. The maximum Gasteiger partial charge on any atom is 0.387 e. The van der Waals surface area contributed by atoms with Crippen molar-refractivity contribution in [3.05, 3.63) is 52.5 Å². The summed E-state index contributed by atoms with van der Waals surface area (Å²) < 4.78 is 79.7. The molecule has 2 aromatic rings. The van der Waals surface area contributed by atoms with Crippen LogP contribution in [0.3, 0.4) is 0 Å². The van der Waals surface area contributed by atoms with Crippen LogP contribution in [0.2, 0.25) is 0 Å². The van der Waals surface area contributed by atoms with Crippen LogP contribution in [0.5, 0.6) is 17.2 Å². The number of aromatic hydroxyl groups is 1. The maximum absolute atomic E-state index is 12.7. The number of rotatable bonds is 4. The predicted molar refractivity (Wildman–Crippen MR) is 75.4 cm³/mol. The molecule has 0 saturated carbocycles. The van der Waals surface area contributed by atoms with Crippen molar-refractivity contribution >= 4 is 15.9 Å². The van der Waals surface area contributed by atoms with Gasteiger partial charge in [0, 0.05) is 10.5 Å². The minimum Gasteiger partial charge on any atom is -0.508 e. The molecular weight excluding hydrogens is 410 g/mol. The lowest BCUT2D eigenvalue weighted by Gasteiger charge is -2.04. The van der Waals surface area contributed by atoms with E-state index in [1.165, 1.54) is 6.07 Å². The number of benzene rings is 2. The monoisotopic (exact) mass is 418 g/mol. The van der Waals surface area contributed by atoms with Crippen LogP contribution < -0.4 is 9.47 Å². The van der Waals surface area contributed by atoms with Crippen molar-refractivity contribution in [2.75, 3.05) is 0 Å². The van der Waals surface area contributed by atoms with Gasteiger partial charge in [0.15, 0.2) is 23.1 Å². The molecule has 0 aliphatic rings. The molecule has 0 bridgehead atoms. The van der Waals surface area contributed by atoms with E-state index in [1.54, 1.807) is 0 Å². The van der Waals surface area contributed by atoms with Gasteiger partial charge in [0.25, 0.3) is 0 Å². The van der Waals surface area contributed by atoms with Crippen LogP contribution in [-0.2, 0) is 0 Å². The largest absolute Gasteiger partial charge is 0.508 e. The van der Waals surface area contributed by atoms with E-state index < -0.39 is 36.4 Å². The number of phenols is 1. The van der Waals surface area contributed by atoms with Crippen molar-refractivity contribution < 1.29 is 40.9 Å². The summed E-state index contributed by atoms with van der Waals surface area (Å²) in [6.45, 7) is -6.10. The van der Waals surface area contributed by atoms with Crippen molar-refractivity contribution in [2.45, 2.75) is 13.2 Å². The number of alkyl halides is 4. The van der Waals surface area contributed by atoms with E-state index in [4.69, 9.17) is 5.11 Å². The highest BCUT2D eigenvalue weighted by Gasteiger charge is 2.10. The van der Waals surface area contributed by atoms with Gasteiger partial charge < -0.3 is 14.6 Å². The molecule has 0 fully saturated rings. The zero-order valence-corrected chi connectivity index (χ0v) is 13.1. The standard InChI is InChI=1S/C7H4BrF3O.C7H5F3O2/c8-4-1-2-5(9)6(3-4)12-7(10)11;8-5-2-1-4(11)3-6(5)12-7(9)10/h1-3,7H;1-3,7,11H. The summed E-state index contributed by atoms with van der Waals surface area (Å²) in [5.74, 6) is -3.19. The number of phenolic OH excluding ortho intramolecular Hbond substituents is 1. The van der Waals surface area contributed by atoms with Gasteiger partial charge in [-0.15, -0.1) is 0 Å². The van der Waals surface area contributed by atoms with Crippen LogP contribution in [0.25, 0.3) is 0 Å². The van der Waals surface area contributed by atoms with Gasteiger partial charge in [-0.25, -0.2) is 8.78 Å². The molecule has 1 N–H and O–H groups in total. The van der Waals surface area contributed by atoms with Gasteiger partial charge in [0.1, 0.15) is 5.75 Å². The first kappa shape index (κ1) is 19.9. The molecule has 0 aliphatic heterocycles. The molecule has 24 heavy (non-hydrogen) atoms. The molecule has 0 aromatic heterocycles. The smallest absolute Gasteiger partial charge is 0.387 e. The van der Waals surface area contributed by atoms with E-state index in [2.05, 4.69) is 25.4 Å². The van der Waals surface area contributed by atoms with Crippen LogP contribution >= 0.6 is 15.9 Å². The summed E-state index contributed by atoms with van der Waals surface area (Å²) in [6, 6.07) is 6.24. The highest BCUT2D eigenvalue weighted by atomic mass is 79.9. The molecule has 0 amide bonds. The van der Waals surface area contributed by atoms with Crippen LogP contribution in [0.15, 0.2) is 40.9 Å². The van der Waals surface area contributed by atoms with Gasteiger partial charge in [-0.3, -0.25) is 0 Å². The van der Waals surface area contributed by atoms with E-state index in [0.29, 0.717) is 4.47 Å². The molecule has 0 aliphatic carbocycles. The minimum absolute atomic E-state index is 0.327. The molecule has 2 rings (SSSR count). The average molecular weight is 419 g/mol. The third-order valence-corrected chi connectivity index (χ3v) is 2.73. The van der Waals surface area contributed by atoms with E-state index in [1.807, 2.05) is 0 Å². The Kier molecular flexibility index (Phi) is 7.69. The zero-order chi connectivity index (χ0) is 18.3. The molecule has 0 heterocycles. The second-order valence-corrected chi connectivity index (χ2v) is 4.86. The fourth-order valence-corrected chi connectivity index (χ4v) is 1.68. The fourth-order valence-electron chi connectivity index (χ4n) is 1.34. The predicted octanol–water partition coefficient (Wildman–Crippen LogP) is 5.32. The quantitative estimate of drug-likeness (QED) is 0.682. The van der Waals surface area contributed by atoms with Crippen LogP contribution in [-0.4, -0.2) is 18.3 Å². The Balaban J connectivity index is 0.000000240. The Morgan fingerprint density at radius 3 is 1.75 bits per heavy atom. The number of halogens is 7. The molecule has 0 saturated heterocycles. The van der Waals surface area contributed by atoms with Crippen LogP contribution in [0.1, 0.15) is 0 Å². The van der Waals surface area contributed by atoms with Crippen molar-refractivity contribution in [1.82, 2.24) is 0 Å². The van der Waals surface area contributed by atoms with E-state index in [-0.39, 0.29) is 5.75 Å². The van der Waals surface area contributed by atoms with Crippen molar-refractivity contribution in [1.29, 1.82) is 0 Å². The highest BCUT2D eigenvalue weighted by molar-refractivity contribution is 9.10. The fraction of sp³-hybridized carbons (Fsp3) is 0.143. The summed E-state index contributed by atoms with van der Waals surface area (Å²) >= 11 is 2.99. The minimum atomic E-state index is -3.10. The summed E-state index contributed by atoms with van der Waals surface area (Å²) in [4.78, 5) is 0. The van der Waals surface area contributed by atoms with Gasteiger partial charge in [-0.05, 0) is 30.3 Å². The van der Waals surface area contributed by atoms with Gasteiger partial charge in [-0.1, -0.05) is 15.9 Å². The first-order valence-electron chi connectivity index (χ1n) is 6.02. The van der Waals surface area contributed by atoms with Crippen molar-refractivity contribution in [3.63, 3.8) is 0 Å². The zero-order valence-electron chi connectivity index (χ0n) is 11.5. The van der Waals surface area contributed by atoms with Gasteiger partial charge in [-0.2, -0.15) is 17.6 Å². The summed E-state index contributed by atoms with van der Waals surface area (Å²) in [5.41, 5.74) is 0. The first-order chi connectivity index (χ1) is 11.2. The van der Waals surface area contributed by atoms with Crippen molar-refractivity contribution in [2.24, 2.45) is 0 Å². The topological polar surface area (TPSA) is 38.7 Å². The summed E-state index contributed by atoms with van der Waals surface area (Å²) in [6.07, 6.45) is 0. The molecular formula is C14H9BrF6O3. The Morgan fingerprint density at radius 1 is 0.792 bits per heavy atom. The molecule has 0 unspecified atom stereocenters.